The monoisotopic (exact) mass is 488 g/mol. The van der Waals surface area contributed by atoms with Crippen molar-refractivity contribution in [2.24, 2.45) is 5.73 Å². The summed E-state index contributed by atoms with van der Waals surface area (Å²) in [5.41, 5.74) is 9.18. The largest absolute Gasteiger partial charge is 0.491 e. The molecule has 34 heavy (non-hydrogen) atoms. The van der Waals surface area contributed by atoms with E-state index in [0.29, 0.717) is 43.7 Å². The molecule has 0 aliphatic carbocycles. The van der Waals surface area contributed by atoms with Crippen LogP contribution in [0.2, 0.25) is 5.02 Å². The molecular formula is C27H41ClN4O2. The number of ether oxygens (including phenoxy) is 1. The normalized spacial score (nSPS) is 12.9. The van der Waals surface area contributed by atoms with E-state index in [2.05, 4.69) is 30.5 Å². The molecule has 1 amide bonds. The molecule has 0 saturated heterocycles. The first-order valence-corrected chi connectivity index (χ1v) is 12.7. The number of benzene rings is 2. The highest BCUT2D eigenvalue weighted by Crippen LogP contribution is 2.25. The molecular weight excluding hydrogens is 448 g/mol. The SMILES string of the molecule is CCN[C@H](CC)CNCCC(=O)N(CCN)C(COc1cc(C)cc(C)c1)c1ccc(Cl)cc1. The molecule has 0 aliphatic rings. The molecule has 2 rings (SSSR count). The number of likely N-dealkylation sites (N-methyl/N-ethyl adjacent to an activating group) is 1. The Morgan fingerprint density at radius 2 is 1.79 bits per heavy atom. The van der Waals surface area contributed by atoms with Crippen molar-refractivity contribution in [3.63, 3.8) is 0 Å². The smallest absolute Gasteiger partial charge is 0.224 e. The number of aryl methyl sites for hydroxylation is 2. The lowest BCUT2D eigenvalue weighted by Crippen LogP contribution is -2.43. The van der Waals surface area contributed by atoms with Gasteiger partial charge in [0, 0.05) is 43.7 Å². The number of amides is 1. The zero-order chi connectivity index (χ0) is 24.9. The number of nitrogens with two attached hydrogens (primary N) is 1. The molecule has 0 fully saturated rings. The molecule has 0 aromatic heterocycles. The number of halogens is 1. The Morgan fingerprint density at radius 1 is 1.12 bits per heavy atom. The Kier molecular flexibility index (Phi) is 12.4. The van der Waals surface area contributed by atoms with Crippen LogP contribution in [0.15, 0.2) is 42.5 Å². The van der Waals surface area contributed by atoms with Crippen molar-refractivity contribution < 1.29 is 9.53 Å². The minimum Gasteiger partial charge on any atom is -0.491 e. The molecule has 4 N–H and O–H groups in total. The van der Waals surface area contributed by atoms with Crippen molar-refractivity contribution in [2.45, 2.75) is 52.6 Å². The van der Waals surface area contributed by atoms with Gasteiger partial charge >= 0.3 is 0 Å². The first-order valence-electron chi connectivity index (χ1n) is 12.3. The number of nitrogens with zero attached hydrogens (tertiary/aromatic N) is 1. The topological polar surface area (TPSA) is 79.6 Å². The zero-order valence-electron chi connectivity index (χ0n) is 21.1. The average molecular weight is 489 g/mol. The second-order valence-corrected chi connectivity index (χ2v) is 9.13. The number of rotatable bonds is 15. The van der Waals surface area contributed by atoms with Crippen molar-refractivity contribution in [1.29, 1.82) is 0 Å². The third-order valence-electron chi connectivity index (χ3n) is 5.82. The fourth-order valence-corrected chi connectivity index (χ4v) is 4.23. The summed E-state index contributed by atoms with van der Waals surface area (Å²) in [6.07, 6.45) is 1.44. The Balaban J connectivity index is 2.13. The summed E-state index contributed by atoms with van der Waals surface area (Å²) in [4.78, 5) is 15.1. The maximum atomic E-state index is 13.3. The van der Waals surface area contributed by atoms with Crippen LogP contribution in [0.4, 0.5) is 0 Å². The Morgan fingerprint density at radius 3 is 2.38 bits per heavy atom. The molecule has 2 aromatic rings. The predicted octanol–water partition coefficient (Wildman–Crippen LogP) is 4.23. The fourth-order valence-electron chi connectivity index (χ4n) is 4.10. The van der Waals surface area contributed by atoms with Gasteiger partial charge in [-0.25, -0.2) is 0 Å². The Labute approximate surface area is 210 Å². The molecule has 0 radical (unpaired) electrons. The van der Waals surface area contributed by atoms with E-state index >= 15 is 0 Å². The van der Waals surface area contributed by atoms with Crippen LogP contribution in [0.5, 0.6) is 5.75 Å². The first kappa shape index (κ1) is 28.1. The lowest BCUT2D eigenvalue weighted by atomic mass is 10.0. The zero-order valence-corrected chi connectivity index (χ0v) is 21.8. The van der Waals surface area contributed by atoms with E-state index in [0.717, 1.165) is 42.0 Å². The van der Waals surface area contributed by atoms with Gasteiger partial charge in [-0.1, -0.05) is 43.6 Å². The van der Waals surface area contributed by atoms with E-state index in [1.54, 1.807) is 0 Å². The standard InChI is InChI=1S/C27H41ClN4O2/c1-5-24(31-6-2)18-30-13-11-27(33)32(14-12-29)26(22-7-9-23(28)10-8-22)19-34-25-16-20(3)15-21(4)17-25/h7-10,15-17,24,26,30-31H,5-6,11-14,18-19,29H2,1-4H3/t24-,26?/m1/s1. The molecule has 188 valence electrons. The number of hydrogen-bond donors (Lipinski definition) is 3. The second kappa shape index (κ2) is 15.0. The molecule has 0 saturated carbocycles. The van der Waals surface area contributed by atoms with Crippen LogP contribution in [0.25, 0.3) is 0 Å². The highest BCUT2D eigenvalue weighted by Gasteiger charge is 2.25. The van der Waals surface area contributed by atoms with E-state index in [1.165, 1.54) is 0 Å². The van der Waals surface area contributed by atoms with E-state index in [1.807, 2.05) is 55.1 Å². The van der Waals surface area contributed by atoms with Crippen LogP contribution in [0.3, 0.4) is 0 Å². The minimum absolute atomic E-state index is 0.0541. The molecule has 1 unspecified atom stereocenters. The highest BCUT2D eigenvalue weighted by molar-refractivity contribution is 6.30. The summed E-state index contributed by atoms with van der Waals surface area (Å²) in [5, 5.41) is 7.52. The van der Waals surface area contributed by atoms with E-state index in [-0.39, 0.29) is 11.9 Å². The summed E-state index contributed by atoms with van der Waals surface area (Å²) in [6, 6.07) is 13.9. The summed E-state index contributed by atoms with van der Waals surface area (Å²) >= 11 is 6.13. The molecule has 0 spiro atoms. The summed E-state index contributed by atoms with van der Waals surface area (Å²) < 4.78 is 6.20. The quantitative estimate of drug-likeness (QED) is 0.327. The van der Waals surface area contributed by atoms with Crippen LogP contribution >= 0.6 is 11.6 Å². The van der Waals surface area contributed by atoms with Gasteiger partial charge in [-0.3, -0.25) is 4.79 Å². The van der Waals surface area contributed by atoms with Gasteiger partial charge in [0.15, 0.2) is 0 Å². The molecule has 2 aromatic carbocycles. The molecule has 2 atom stereocenters. The van der Waals surface area contributed by atoms with Crippen molar-refractivity contribution in [3.8, 4) is 5.75 Å². The van der Waals surface area contributed by atoms with Gasteiger partial charge < -0.3 is 26.0 Å². The maximum absolute atomic E-state index is 13.3. The maximum Gasteiger partial charge on any atom is 0.224 e. The number of carbonyl (C=O) groups is 1. The lowest BCUT2D eigenvalue weighted by Gasteiger charge is -2.32. The Bertz CT molecular complexity index is 855. The summed E-state index contributed by atoms with van der Waals surface area (Å²) in [6.45, 7) is 11.9. The van der Waals surface area contributed by atoms with Gasteiger partial charge in [0.25, 0.3) is 0 Å². The molecule has 7 heteroatoms. The van der Waals surface area contributed by atoms with Gasteiger partial charge in [0.05, 0.1) is 6.04 Å². The predicted molar refractivity (Wildman–Crippen MR) is 142 cm³/mol. The van der Waals surface area contributed by atoms with Gasteiger partial charge in [0.2, 0.25) is 5.91 Å². The summed E-state index contributed by atoms with van der Waals surface area (Å²) in [5.74, 6) is 0.853. The van der Waals surface area contributed by atoms with Crippen LogP contribution in [0, 0.1) is 13.8 Å². The van der Waals surface area contributed by atoms with Crippen LogP contribution < -0.4 is 21.1 Å². The van der Waals surface area contributed by atoms with Gasteiger partial charge in [0.1, 0.15) is 12.4 Å². The second-order valence-electron chi connectivity index (χ2n) is 8.69. The van der Waals surface area contributed by atoms with E-state index < -0.39 is 0 Å². The third kappa shape index (κ3) is 9.26. The van der Waals surface area contributed by atoms with Gasteiger partial charge in [-0.05, 0) is 67.8 Å². The van der Waals surface area contributed by atoms with E-state index in [9.17, 15) is 4.79 Å². The van der Waals surface area contributed by atoms with Crippen molar-refractivity contribution in [1.82, 2.24) is 15.5 Å². The molecule has 0 aliphatic heterocycles. The lowest BCUT2D eigenvalue weighted by molar-refractivity contribution is -0.134. The van der Waals surface area contributed by atoms with Crippen molar-refractivity contribution in [2.75, 3.05) is 39.3 Å². The minimum atomic E-state index is -0.265. The molecule has 6 nitrogen and oxygen atoms in total. The Hall–Kier alpha value is -2.12. The van der Waals surface area contributed by atoms with Crippen LogP contribution in [-0.2, 0) is 4.79 Å². The third-order valence-corrected chi connectivity index (χ3v) is 6.07. The van der Waals surface area contributed by atoms with Gasteiger partial charge in [-0.15, -0.1) is 0 Å². The number of nitrogens with one attached hydrogen (secondary N) is 2. The van der Waals surface area contributed by atoms with Crippen LogP contribution in [-0.4, -0.2) is 56.2 Å². The van der Waals surface area contributed by atoms with Crippen LogP contribution in [0.1, 0.15) is 49.4 Å². The van der Waals surface area contributed by atoms with Crippen molar-refractivity contribution in [3.05, 3.63) is 64.2 Å². The summed E-state index contributed by atoms with van der Waals surface area (Å²) in [7, 11) is 0. The average Bonchev–Trinajstić information content (AvgIpc) is 2.80. The van der Waals surface area contributed by atoms with E-state index in [4.69, 9.17) is 22.1 Å². The number of carbonyl (C=O) groups excluding carboxylic acids is 1. The van der Waals surface area contributed by atoms with Crippen molar-refractivity contribution >= 4 is 17.5 Å². The molecule has 0 heterocycles. The molecule has 0 bridgehead atoms. The first-order chi connectivity index (χ1) is 16.4. The number of hydrogen-bond acceptors (Lipinski definition) is 5. The van der Waals surface area contributed by atoms with Gasteiger partial charge in [-0.2, -0.15) is 0 Å². The fraction of sp³-hybridized carbons (Fsp3) is 0.519. The highest BCUT2D eigenvalue weighted by atomic mass is 35.5.